The van der Waals surface area contributed by atoms with Crippen LogP contribution >= 0.6 is 15.9 Å². The van der Waals surface area contributed by atoms with E-state index in [-0.39, 0.29) is 26.5 Å². The van der Waals surface area contributed by atoms with E-state index in [0.29, 0.717) is 0 Å². The Morgan fingerprint density at radius 2 is 2.00 bits per heavy atom. The third kappa shape index (κ3) is 4.83. The van der Waals surface area contributed by atoms with Gasteiger partial charge >= 0.3 is 0 Å². The van der Waals surface area contributed by atoms with Crippen molar-refractivity contribution >= 4 is 15.9 Å². The van der Waals surface area contributed by atoms with E-state index in [1.807, 2.05) is 24.3 Å². The van der Waals surface area contributed by atoms with Gasteiger partial charge in [-0.3, -0.25) is 0 Å². The molecule has 0 aliphatic heterocycles. The molecule has 2 N–H and O–H groups in total. The molecule has 0 spiro atoms. The first-order valence-corrected chi connectivity index (χ1v) is 2.81. The summed E-state index contributed by atoms with van der Waals surface area (Å²) < 4.78 is 1.01. The largest absolute Gasteiger partial charge is 0.412 e. The summed E-state index contributed by atoms with van der Waals surface area (Å²) in [6.45, 7) is 0. The Morgan fingerprint density at radius 3 is 2.22 bits per heavy atom. The predicted molar refractivity (Wildman–Crippen MR) is 36.6 cm³/mol. The Kier molecular flexibility index (Phi) is 8.67. The molecule has 1 aromatic rings. The van der Waals surface area contributed by atoms with Crippen LogP contribution in [0.4, 0.5) is 0 Å². The van der Waals surface area contributed by atoms with Crippen LogP contribution in [0.1, 0.15) is 0 Å². The molecule has 0 unspecified atom stereocenters. The molecule has 0 saturated heterocycles. The number of hydrogen-bond acceptors (Lipinski definition) is 0. The molecule has 0 bridgehead atoms. The van der Waals surface area contributed by atoms with Gasteiger partial charge in [0, 0.05) is 21.1 Å². The summed E-state index contributed by atoms with van der Waals surface area (Å²) in [5, 5.41) is 0. The SMILES string of the molecule is Brc1[c-]cccc1.O.[W]. The van der Waals surface area contributed by atoms with Crippen molar-refractivity contribution in [1.29, 1.82) is 0 Å². The van der Waals surface area contributed by atoms with Crippen molar-refractivity contribution in [2.45, 2.75) is 0 Å². The van der Waals surface area contributed by atoms with Crippen LogP contribution in [-0.2, 0) is 21.1 Å². The third-order valence-electron chi connectivity index (χ3n) is 0.671. The van der Waals surface area contributed by atoms with Gasteiger partial charge in [0.25, 0.3) is 0 Å². The van der Waals surface area contributed by atoms with Gasteiger partial charge in [0.15, 0.2) is 0 Å². The fourth-order valence-electron chi connectivity index (χ4n) is 0.371. The number of benzene rings is 1. The van der Waals surface area contributed by atoms with Crippen molar-refractivity contribution in [3.8, 4) is 0 Å². The molecule has 0 fully saturated rings. The van der Waals surface area contributed by atoms with E-state index in [1.54, 1.807) is 0 Å². The zero-order valence-corrected chi connectivity index (χ0v) is 9.12. The van der Waals surface area contributed by atoms with E-state index in [4.69, 9.17) is 0 Å². The molecule has 0 aliphatic carbocycles. The molecule has 0 saturated carbocycles. The average molecular weight is 358 g/mol. The second-order valence-electron chi connectivity index (χ2n) is 1.21. The quantitative estimate of drug-likeness (QED) is 0.629. The minimum Gasteiger partial charge on any atom is -0.412 e. The van der Waals surface area contributed by atoms with Crippen LogP contribution in [-0.4, -0.2) is 5.48 Å². The van der Waals surface area contributed by atoms with Gasteiger partial charge in [0.05, 0.1) is 0 Å². The molecular formula is C6H6BrOW-. The number of hydrogen-bond donors (Lipinski definition) is 0. The number of halogens is 1. The fraction of sp³-hybridized carbons (Fsp3) is 0. The molecule has 0 atom stereocenters. The van der Waals surface area contributed by atoms with Crippen LogP contribution in [0.2, 0.25) is 0 Å². The van der Waals surface area contributed by atoms with Crippen LogP contribution in [0.25, 0.3) is 0 Å². The van der Waals surface area contributed by atoms with Crippen LogP contribution in [0, 0.1) is 6.07 Å². The van der Waals surface area contributed by atoms with Gasteiger partial charge in [0.2, 0.25) is 0 Å². The molecule has 0 aromatic heterocycles. The molecule has 50 valence electrons. The van der Waals surface area contributed by atoms with Gasteiger partial charge < -0.3 is 5.48 Å². The van der Waals surface area contributed by atoms with Gasteiger partial charge in [-0.25, -0.2) is 0 Å². The van der Waals surface area contributed by atoms with Gasteiger partial charge in [-0.15, -0.1) is 0 Å². The first-order chi connectivity index (χ1) is 3.39. The summed E-state index contributed by atoms with van der Waals surface area (Å²) in [5.41, 5.74) is 0. The van der Waals surface area contributed by atoms with Crippen molar-refractivity contribution in [3.63, 3.8) is 0 Å². The van der Waals surface area contributed by atoms with Gasteiger partial charge in [0.1, 0.15) is 0 Å². The maximum atomic E-state index is 3.26. The smallest absolute Gasteiger partial charge is 0 e. The summed E-state index contributed by atoms with van der Waals surface area (Å²) in [4.78, 5) is 0. The summed E-state index contributed by atoms with van der Waals surface area (Å²) in [6.07, 6.45) is 0. The van der Waals surface area contributed by atoms with Crippen molar-refractivity contribution < 1.29 is 26.5 Å². The molecule has 1 aromatic carbocycles. The van der Waals surface area contributed by atoms with Gasteiger partial charge in [-0.1, -0.05) is 20.4 Å². The molecule has 0 radical (unpaired) electrons. The van der Waals surface area contributed by atoms with Crippen molar-refractivity contribution in [2.24, 2.45) is 0 Å². The maximum absolute atomic E-state index is 3.26. The third-order valence-corrected chi connectivity index (χ3v) is 1.16. The van der Waals surface area contributed by atoms with E-state index in [9.17, 15) is 0 Å². The Balaban J connectivity index is 0. The minimum atomic E-state index is 0. The van der Waals surface area contributed by atoms with E-state index >= 15 is 0 Å². The molecule has 0 amide bonds. The monoisotopic (exact) mass is 357 g/mol. The molecule has 0 aliphatic rings. The minimum absolute atomic E-state index is 0. The zero-order chi connectivity index (χ0) is 5.11. The summed E-state index contributed by atoms with van der Waals surface area (Å²) in [5.74, 6) is 0. The zero-order valence-electron chi connectivity index (χ0n) is 4.60. The Bertz CT molecular complexity index is 143. The van der Waals surface area contributed by atoms with Crippen LogP contribution in [0.15, 0.2) is 28.7 Å². The molecule has 1 rings (SSSR count). The average Bonchev–Trinajstić information content (AvgIpc) is 1.69. The summed E-state index contributed by atoms with van der Waals surface area (Å²) >= 11 is 3.26. The Morgan fingerprint density at radius 1 is 1.33 bits per heavy atom. The number of rotatable bonds is 0. The van der Waals surface area contributed by atoms with Gasteiger partial charge in [-0.2, -0.15) is 30.3 Å². The molecule has 9 heavy (non-hydrogen) atoms. The fourth-order valence-corrected chi connectivity index (χ4v) is 0.656. The van der Waals surface area contributed by atoms with Crippen molar-refractivity contribution in [3.05, 3.63) is 34.8 Å². The van der Waals surface area contributed by atoms with Gasteiger partial charge in [-0.05, 0) is 0 Å². The normalized spacial score (nSPS) is 6.78. The van der Waals surface area contributed by atoms with Crippen molar-refractivity contribution in [2.75, 3.05) is 0 Å². The van der Waals surface area contributed by atoms with E-state index in [2.05, 4.69) is 22.0 Å². The molecule has 3 heteroatoms. The van der Waals surface area contributed by atoms with Crippen LogP contribution in [0.3, 0.4) is 0 Å². The standard InChI is InChI=1S/C6H4Br.H2O.W/c7-6-4-2-1-3-5-6;;/h1-4H;1H2;/q-1;;. The van der Waals surface area contributed by atoms with E-state index in [0.717, 1.165) is 4.47 Å². The van der Waals surface area contributed by atoms with Crippen LogP contribution in [0.5, 0.6) is 0 Å². The summed E-state index contributed by atoms with van der Waals surface area (Å²) in [7, 11) is 0. The second-order valence-corrected chi connectivity index (χ2v) is 2.06. The Hall–Kier alpha value is 0.348. The topological polar surface area (TPSA) is 31.5 Å². The first kappa shape index (κ1) is 12.1. The maximum Gasteiger partial charge on any atom is 0 e. The molecule has 0 heterocycles. The molecule has 1 nitrogen and oxygen atoms in total. The Labute approximate surface area is 77.2 Å². The predicted octanol–water partition coefficient (Wildman–Crippen LogP) is 1.42. The first-order valence-electron chi connectivity index (χ1n) is 2.02. The van der Waals surface area contributed by atoms with E-state index < -0.39 is 0 Å². The van der Waals surface area contributed by atoms with E-state index in [1.165, 1.54) is 0 Å². The molecular weight excluding hydrogens is 352 g/mol. The van der Waals surface area contributed by atoms with Crippen LogP contribution < -0.4 is 0 Å². The van der Waals surface area contributed by atoms with Crippen molar-refractivity contribution in [1.82, 2.24) is 0 Å². The summed E-state index contributed by atoms with van der Waals surface area (Å²) in [6, 6.07) is 10.7. The second kappa shape index (κ2) is 6.47.